The first kappa shape index (κ1) is 20.9. The second kappa shape index (κ2) is 9.22. The first-order valence-electron chi connectivity index (χ1n) is 9.77. The van der Waals surface area contributed by atoms with Crippen molar-refractivity contribution in [1.29, 1.82) is 0 Å². The Kier molecular flexibility index (Phi) is 6.23. The summed E-state index contributed by atoms with van der Waals surface area (Å²) in [5.74, 6) is 0.312. The van der Waals surface area contributed by atoms with Crippen molar-refractivity contribution in [2.24, 2.45) is 0 Å². The van der Waals surface area contributed by atoms with Crippen LogP contribution in [-0.2, 0) is 17.8 Å². The molecule has 7 heteroatoms. The Morgan fingerprint density at radius 3 is 2.68 bits per heavy atom. The zero-order valence-corrected chi connectivity index (χ0v) is 18.1. The molecule has 0 aliphatic heterocycles. The molecule has 0 fully saturated rings. The zero-order valence-electron chi connectivity index (χ0n) is 17.3. The molecule has 0 spiro atoms. The monoisotopic (exact) mass is 435 g/mol. The Balaban J connectivity index is 1.55. The van der Waals surface area contributed by atoms with Crippen LogP contribution in [0.4, 0.5) is 10.1 Å². The molecule has 0 atom stereocenters. The first-order chi connectivity index (χ1) is 15.1. The molecule has 1 amide bonds. The molecule has 0 radical (unpaired) electrons. The Bertz CT molecular complexity index is 1220. The molecule has 3 aromatic carbocycles. The van der Waals surface area contributed by atoms with Gasteiger partial charge in [0.2, 0.25) is 5.91 Å². The lowest BCUT2D eigenvalue weighted by Gasteiger charge is -2.10. The van der Waals surface area contributed by atoms with Crippen LogP contribution < -0.4 is 10.1 Å². The van der Waals surface area contributed by atoms with Gasteiger partial charge < -0.3 is 10.1 Å². The molecule has 0 saturated heterocycles. The van der Waals surface area contributed by atoms with Crippen LogP contribution in [-0.4, -0.2) is 29.1 Å². The Morgan fingerprint density at radius 2 is 1.94 bits per heavy atom. The molecule has 5 nitrogen and oxygen atoms in total. The van der Waals surface area contributed by atoms with Gasteiger partial charge in [0.15, 0.2) is 0 Å². The van der Waals surface area contributed by atoms with Crippen molar-refractivity contribution in [2.45, 2.75) is 17.9 Å². The lowest BCUT2D eigenvalue weighted by Crippen LogP contribution is -2.15. The minimum Gasteiger partial charge on any atom is -0.496 e. The predicted molar refractivity (Wildman–Crippen MR) is 122 cm³/mol. The number of fused-ring (bicyclic) bond motifs is 1. The number of ether oxygens (including phenoxy) is 1. The number of carbonyl (C=O) groups excluding carboxylic acids is 1. The van der Waals surface area contributed by atoms with Crippen LogP contribution >= 0.6 is 11.8 Å². The summed E-state index contributed by atoms with van der Waals surface area (Å²) < 4.78 is 20.3. The summed E-state index contributed by atoms with van der Waals surface area (Å²) in [5.41, 5.74) is 3.29. The van der Waals surface area contributed by atoms with Crippen LogP contribution in [0, 0.1) is 5.82 Å². The second-order valence-electron chi connectivity index (χ2n) is 7.10. The Morgan fingerprint density at radius 1 is 1.16 bits per heavy atom. The fourth-order valence-electron chi connectivity index (χ4n) is 3.47. The maximum atomic E-state index is 13.2. The number of hydrogen-bond donors (Lipinski definition) is 1. The highest BCUT2D eigenvalue weighted by atomic mass is 32.2. The highest BCUT2D eigenvalue weighted by molar-refractivity contribution is 7.98. The van der Waals surface area contributed by atoms with Crippen LogP contribution in [0.5, 0.6) is 5.75 Å². The van der Waals surface area contributed by atoms with Gasteiger partial charge in [-0.15, -0.1) is 11.8 Å². The number of hydrogen-bond acceptors (Lipinski definition) is 4. The minimum atomic E-state index is -0.257. The number of benzene rings is 3. The molecule has 0 unspecified atom stereocenters. The van der Waals surface area contributed by atoms with Gasteiger partial charge >= 0.3 is 0 Å². The molecule has 4 rings (SSSR count). The smallest absolute Gasteiger partial charge is 0.228 e. The Labute approximate surface area is 184 Å². The third kappa shape index (κ3) is 4.88. The number of carbonyl (C=O) groups is 1. The lowest BCUT2D eigenvalue weighted by molar-refractivity contribution is -0.115. The summed E-state index contributed by atoms with van der Waals surface area (Å²) in [5, 5.41) is 8.64. The molecule has 31 heavy (non-hydrogen) atoms. The van der Waals surface area contributed by atoms with Crippen molar-refractivity contribution >= 4 is 34.3 Å². The van der Waals surface area contributed by atoms with Crippen LogP contribution in [0.2, 0.25) is 0 Å². The Hall–Kier alpha value is -3.32. The molecule has 0 aliphatic carbocycles. The van der Waals surface area contributed by atoms with Crippen molar-refractivity contribution in [1.82, 2.24) is 9.78 Å². The lowest BCUT2D eigenvalue weighted by atomic mass is 10.1. The number of nitrogens with one attached hydrogen (secondary N) is 1. The minimum absolute atomic E-state index is 0.123. The molecule has 0 bridgehead atoms. The highest BCUT2D eigenvalue weighted by Gasteiger charge is 2.12. The van der Waals surface area contributed by atoms with Crippen molar-refractivity contribution in [3.8, 4) is 5.75 Å². The molecule has 1 heterocycles. The molecule has 4 aromatic rings. The van der Waals surface area contributed by atoms with Gasteiger partial charge in [-0.1, -0.05) is 30.3 Å². The molecular formula is C24H22FN3O2S. The van der Waals surface area contributed by atoms with E-state index in [1.54, 1.807) is 31.0 Å². The number of aromatic nitrogens is 2. The van der Waals surface area contributed by atoms with Gasteiger partial charge in [-0.25, -0.2) is 4.39 Å². The van der Waals surface area contributed by atoms with Gasteiger partial charge in [0.1, 0.15) is 11.6 Å². The van der Waals surface area contributed by atoms with Crippen molar-refractivity contribution < 1.29 is 13.9 Å². The molecule has 158 valence electrons. The number of thioether (sulfide) groups is 1. The third-order valence-corrected chi connectivity index (χ3v) is 5.72. The number of para-hydroxylation sites is 1. The van der Waals surface area contributed by atoms with E-state index in [0.29, 0.717) is 18.0 Å². The number of halogens is 1. The normalized spacial score (nSPS) is 10.9. The predicted octanol–water partition coefficient (Wildman–Crippen LogP) is 5.14. The number of nitrogens with zero attached hydrogens (tertiary/aromatic N) is 2. The van der Waals surface area contributed by atoms with Gasteiger partial charge in [0.25, 0.3) is 0 Å². The van der Waals surface area contributed by atoms with E-state index in [4.69, 9.17) is 4.74 Å². The third-order valence-electron chi connectivity index (χ3n) is 4.94. The van der Waals surface area contributed by atoms with E-state index >= 15 is 0 Å². The van der Waals surface area contributed by atoms with Crippen LogP contribution in [0.3, 0.4) is 0 Å². The molecule has 1 aromatic heterocycles. The summed E-state index contributed by atoms with van der Waals surface area (Å²) in [6.45, 7) is 0.540. The van der Waals surface area contributed by atoms with E-state index in [-0.39, 0.29) is 18.1 Å². The fraction of sp³-hybridized carbons (Fsp3) is 0.167. The van der Waals surface area contributed by atoms with E-state index in [0.717, 1.165) is 26.9 Å². The summed E-state index contributed by atoms with van der Waals surface area (Å²) in [6, 6.07) is 17.7. The number of methoxy groups -OCH3 is 1. The maximum Gasteiger partial charge on any atom is 0.228 e. The molecule has 0 saturated carbocycles. The van der Waals surface area contributed by atoms with Crippen LogP contribution in [0.25, 0.3) is 10.9 Å². The maximum absolute atomic E-state index is 13.2. The zero-order chi connectivity index (χ0) is 21.8. The average molecular weight is 436 g/mol. The van der Waals surface area contributed by atoms with Crippen LogP contribution in [0.1, 0.15) is 11.1 Å². The molecular weight excluding hydrogens is 413 g/mol. The van der Waals surface area contributed by atoms with Gasteiger partial charge in [-0.3, -0.25) is 9.48 Å². The van der Waals surface area contributed by atoms with Gasteiger partial charge in [0.05, 0.1) is 25.6 Å². The number of anilines is 1. The van der Waals surface area contributed by atoms with Crippen LogP contribution in [0.15, 0.2) is 71.8 Å². The molecule has 1 N–H and O–H groups in total. The quantitative estimate of drug-likeness (QED) is 0.409. The summed E-state index contributed by atoms with van der Waals surface area (Å²) in [7, 11) is 1.59. The summed E-state index contributed by atoms with van der Waals surface area (Å²) in [6.07, 6.45) is 4.19. The van der Waals surface area contributed by atoms with E-state index in [1.807, 2.05) is 53.5 Å². The topological polar surface area (TPSA) is 56.1 Å². The molecule has 0 aliphatic rings. The van der Waals surface area contributed by atoms with Gasteiger partial charge in [0, 0.05) is 27.7 Å². The van der Waals surface area contributed by atoms with E-state index in [9.17, 15) is 9.18 Å². The van der Waals surface area contributed by atoms with E-state index in [1.165, 1.54) is 12.1 Å². The van der Waals surface area contributed by atoms with Gasteiger partial charge in [-0.05, 0) is 42.2 Å². The van der Waals surface area contributed by atoms with Crippen molar-refractivity contribution in [3.63, 3.8) is 0 Å². The second-order valence-corrected chi connectivity index (χ2v) is 7.95. The SMILES string of the molecule is COc1ccccc1CC(=O)Nc1cc(SC)c2cn(Cc3ccc(F)cc3)nc2c1. The van der Waals surface area contributed by atoms with Crippen molar-refractivity contribution in [3.05, 3.63) is 83.8 Å². The fourth-order valence-corrected chi connectivity index (χ4v) is 4.09. The number of rotatable bonds is 7. The largest absolute Gasteiger partial charge is 0.496 e. The average Bonchev–Trinajstić information content (AvgIpc) is 3.17. The number of amides is 1. The van der Waals surface area contributed by atoms with E-state index in [2.05, 4.69) is 10.4 Å². The first-order valence-corrected chi connectivity index (χ1v) is 11.0. The van der Waals surface area contributed by atoms with Gasteiger partial charge in [-0.2, -0.15) is 5.10 Å². The summed E-state index contributed by atoms with van der Waals surface area (Å²) in [4.78, 5) is 13.7. The summed E-state index contributed by atoms with van der Waals surface area (Å²) >= 11 is 1.60. The van der Waals surface area contributed by atoms with Crippen molar-refractivity contribution in [2.75, 3.05) is 18.7 Å². The standard InChI is InChI=1S/C24H22FN3O2S/c1-30-22-6-4-3-5-17(22)11-24(29)26-19-12-21-20(23(13-19)31-2)15-28(27-21)14-16-7-9-18(25)10-8-16/h3-10,12-13,15H,11,14H2,1-2H3,(H,26,29). The highest BCUT2D eigenvalue weighted by Crippen LogP contribution is 2.30. The van der Waals surface area contributed by atoms with E-state index < -0.39 is 0 Å².